The van der Waals surface area contributed by atoms with Crippen LogP contribution in [0.3, 0.4) is 0 Å². The minimum Gasteiger partial charge on any atom is -0.335 e. The number of hydrazine groups is 1. The molecule has 0 saturated heterocycles. The number of nitrogens with two attached hydrogens (primary N) is 1. The molecule has 1 aromatic heterocycles. The summed E-state index contributed by atoms with van der Waals surface area (Å²) in [6, 6.07) is 0.366. The second-order valence-electron chi connectivity index (χ2n) is 5.71. The topological polar surface area (TPSA) is 55.9 Å². The summed E-state index contributed by atoms with van der Waals surface area (Å²) in [6.45, 7) is 3.14. The molecule has 19 heavy (non-hydrogen) atoms. The molecular weight excluding hydrogens is 236 g/mol. The van der Waals surface area contributed by atoms with E-state index in [-0.39, 0.29) is 0 Å². The van der Waals surface area contributed by atoms with Gasteiger partial charge in [-0.1, -0.05) is 32.1 Å². The first-order chi connectivity index (χ1) is 9.35. The van der Waals surface area contributed by atoms with Crippen molar-refractivity contribution in [2.45, 2.75) is 70.9 Å². The first-order valence-electron chi connectivity index (χ1n) is 7.81. The summed E-state index contributed by atoms with van der Waals surface area (Å²) in [5.41, 5.74) is 3.06. The lowest BCUT2D eigenvalue weighted by Crippen LogP contribution is -2.43. The first-order valence-corrected chi connectivity index (χ1v) is 7.81. The number of aryl methyl sites for hydroxylation is 1. The molecular formula is C15H28N4. The summed E-state index contributed by atoms with van der Waals surface area (Å²) in [5.74, 6) is 7.68. The molecule has 1 unspecified atom stereocenters. The maximum atomic E-state index is 5.81. The number of imidazole rings is 1. The maximum absolute atomic E-state index is 5.81. The van der Waals surface area contributed by atoms with E-state index in [1.165, 1.54) is 44.9 Å². The average Bonchev–Trinajstić information content (AvgIpc) is 2.83. The number of nitrogens with zero attached hydrogens (tertiary/aromatic N) is 2. The lowest BCUT2D eigenvalue weighted by atomic mass is 9.84. The summed E-state index contributed by atoms with van der Waals surface area (Å²) in [4.78, 5) is 4.48. The number of hydrogen-bond donors (Lipinski definition) is 2. The zero-order valence-electron chi connectivity index (χ0n) is 12.1. The highest BCUT2D eigenvalue weighted by molar-refractivity contribution is 4.96. The Hall–Kier alpha value is -0.870. The molecule has 108 valence electrons. The Bertz CT molecular complexity index is 353. The van der Waals surface area contributed by atoms with Crippen LogP contribution in [-0.2, 0) is 13.0 Å². The Morgan fingerprint density at radius 2 is 2.00 bits per heavy atom. The molecule has 3 N–H and O–H groups in total. The minimum atomic E-state index is 0.366. The average molecular weight is 264 g/mol. The first kappa shape index (κ1) is 14.5. The molecule has 1 saturated carbocycles. The monoisotopic (exact) mass is 264 g/mol. The molecule has 0 aliphatic heterocycles. The number of rotatable bonds is 5. The van der Waals surface area contributed by atoms with Crippen LogP contribution in [0.2, 0.25) is 0 Å². The third kappa shape index (κ3) is 4.05. The second kappa shape index (κ2) is 7.65. The van der Waals surface area contributed by atoms with E-state index in [4.69, 9.17) is 5.84 Å². The fourth-order valence-electron chi connectivity index (χ4n) is 3.27. The van der Waals surface area contributed by atoms with E-state index in [0.29, 0.717) is 12.0 Å². The summed E-state index contributed by atoms with van der Waals surface area (Å²) >= 11 is 0. The summed E-state index contributed by atoms with van der Waals surface area (Å²) < 4.78 is 2.22. The van der Waals surface area contributed by atoms with Crippen molar-refractivity contribution < 1.29 is 0 Å². The van der Waals surface area contributed by atoms with E-state index in [9.17, 15) is 0 Å². The number of hydrogen-bond acceptors (Lipinski definition) is 3. The van der Waals surface area contributed by atoms with E-state index >= 15 is 0 Å². The fourth-order valence-corrected chi connectivity index (χ4v) is 3.27. The van der Waals surface area contributed by atoms with Crippen LogP contribution < -0.4 is 11.3 Å². The van der Waals surface area contributed by atoms with Gasteiger partial charge in [0.2, 0.25) is 0 Å². The Morgan fingerprint density at radius 1 is 1.32 bits per heavy atom. The van der Waals surface area contributed by atoms with Gasteiger partial charge >= 0.3 is 0 Å². The van der Waals surface area contributed by atoms with Crippen molar-refractivity contribution >= 4 is 0 Å². The highest BCUT2D eigenvalue weighted by atomic mass is 15.2. The van der Waals surface area contributed by atoms with Crippen LogP contribution in [0.4, 0.5) is 0 Å². The number of aromatic nitrogens is 2. The van der Waals surface area contributed by atoms with Crippen molar-refractivity contribution in [2.24, 2.45) is 11.8 Å². The van der Waals surface area contributed by atoms with Crippen molar-refractivity contribution in [3.8, 4) is 0 Å². The molecule has 4 heteroatoms. The zero-order valence-corrected chi connectivity index (χ0v) is 12.1. The molecule has 1 fully saturated rings. The van der Waals surface area contributed by atoms with Gasteiger partial charge in [0.25, 0.3) is 0 Å². The van der Waals surface area contributed by atoms with Gasteiger partial charge in [-0.2, -0.15) is 0 Å². The van der Waals surface area contributed by atoms with Crippen molar-refractivity contribution in [3.05, 3.63) is 18.2 Å². The van der Waals surface area contributed by atoms with Crippen LogP contribution in [-0.4, -0.2) is 15.6 Å². The molecule has 0 spiro atoms. The SMILES string of the molecule is CCn1ccnc1CC(NN)C1CCCCCCC1. The molecule has 1 aliphatic rings. The van der Waals surface area contributed by atoms with Crippen molar-refractivity contribution in [1.29, 1.82) is 0 Å². The summed E-state index contributed by atoms with van der Waals surface area (Å²) in [5, 5.41) is 0. The largest absolute Gasteiger partial charge is 0.335 e. The predicted molar refractivity (Wildman–Crippen MR) is 78.5 cm³/mol. The van der Waals surface area contributed by atoms with Gasteiger partial charge in [-0.15, -0.1) is 0 Å². The fraction of sp³-hybridized carbons (Fsp3) is 0.800. The van der Waals surface area contributed by atoms with Gasteiger partial charge in [0.15, 0.2) is 0 Å². The molecule has 1 atom stereocenters. The van der Waals surface area contributed by atoms with Crippen molar-refractivity contribution in [1.82, 2.24) is 15.0 Å². The normalized spacial score (nSPS) is 19.9. The number of nitrogens with one attached hydrogen (secondary N) is 1. The van der Waals surface area contributed by atoms with Crippen LogP contribution in [0.25, 0.3) is 0 Å². The molecule has 0 bridgehead atoms. The molecule has 0 radical (unpaired) electrons. The second-order valence-corrected chi connectivity index (χ2v) is 5.71. The Morgan fingerprint density at radius 3 is 2.63 bits per heavy atom. The van der Waals surface area contributed by atoms with Gasteiger partial charge in [-0.05, 0) is 25.7 Å². The van der Waals surface area contributed by atoms with Gasteiger partial charge in [-0.25, -0.2) is 4.98 Å². The van der Waals surface area contributed by atoms with Crippen LogP contribution >= 0.6 is 0 Å². The Balaban J connectivity index is 1.97. The maximum Gasteiger partial charge on any atom is 0.110 e. The van der Waals surface area contributed by atoms with Crippen molar-refractivity contribution in [2.75, 3.05) is 0 Å². The van der Waals surface area contributed by atoms with E-state index in [1.807, 2.05) is 6.20 Å². The highest BCUT2D eigenvalue weighted by Crippen LogP contribution is 2.26. The van der Waals surface area contributed by atoms with E-state index in [2.05, 4.69) is 28.1 Å². The van der Waals surface area contributed by atoms with Gasteiger partial charge < -0.3 is 4.57 Å². The highest BCUT2D eigenvalue weighted by Gasteiger charge is 2.22. The van der Waals surface area contributed by atoms with E-state index < -0.39 is 0 Å². The summed E-state index contributed by atoms with van der Waals surface area (Å²) in [6.07, 6.45) is 14.4. The molecule has 0 aromatic carbocycles. The van der Waals surface area contributed by atoms with Crippen molar-refractivity contribution in [3.63, 3.8) is 0 Å². The molecule has 2 rings (SSSR count). The zero-order chi connectivity index (χ0) is 13.5. The Labute approximate surface area is 116 Å². The third-order valence-electron chi connectivity index (χ3n) is 4.48. The molecule has 1 aromatic rings. The molecule has 0 amide bonds. The van der Waals surface area contributed by atoms with Crippen LogP contribution in [0.1, 0.15) is 57.7 Å². The molecule has 1 aliphatic carbocycles. The smallest absolute Gasteiger partial charge is 0.110 e. The van der Waals surface area contributed by atoms with E-state index in [0.717, 1.165) is 18.8 Å². The standard InChI is InChI=1S/C15H28N4/c1-2-19-11-10-17-15(19)12-14(18-16)13-8-6-4-3-5-7-9-13/h10-11,13-14,18H,2-9,12,16H2,1H3. The lowest BCUT2D eigenvalue weighted by Gasteiger charge is -2.28. The van der Waals surface area contributed by atoms with Crippen LogP contribution in [0, 0.1) is 5.92 Å². The van der Waals surface area contributed by atoms with Gasteiger partial charge in [0.1, 0.15) is 5.82 Å². The third-order valence-corrected chi connectivity index (χ3v) is 4.48. The van der Waals surface area contributed by atoms with Crippen LogP contribution in [0.5, 0.6) is 0 Å². The lowest BCUT2D eigenvalue weighted by molar-refractivity contribution is 0.281. The minimum absolute atomic E-state index is 0.366. The molecule has 1 heterocycles. The van der Waals surface area contributed by atoms with Gasteiger partial charge in [0, 0.05) is 31.4 Å². The Kier molecular flexibility index (Phi) is 5.86. The predicted octanol–water partition coefficient (Wildman–Crippen LogP) is 2.64. The summed E-state index contributed by atoms with van der Waals surface area (Å²) in [7, 11) is 0. The quantitative estimate of drug-likeness (QED) is 0.635. The van der Waals surface area contributed by atoms with Gasteiger partial charge in [-0.3, -0.25) is 11.3 Å². The van der Waals surface area contributed by atoms with Gasteiger partial charge in [0.05, 0.1) is 0 Å². The van der Waals surface area contributed by atoms with E-state index in [1.54, 1.807) is 0 Å². The van der Waals surface area contributed by atoms with Crippen LogP contribution in [0.15, 0.2) is 12.4 Å². The molecule has 4 nitrogen and oxygen atoms in total.